The van der Waals surface area contributed by atoms with E-state index in [9.17, 15) is 9.90 Å². The highest BCUT2D eigenvalue weighted by Crippen LogP contribution is 2.39. The van der Waals surface area contributed by atoms with Gasteiger partial charge in [-0.1, -0.05) is 42.5 Å². The normalized spacial score (nSPS) is 15.6. The van der Waals surface area contributed by atoms with Crippen molar-refractivity contribution in [3.63, 3.8) is 0 Å². The maximum Gasteiger partial charge on any atom is 0.251 e. The fourth-order valence-electron chi connectivity index (χ4n) is 5.12. The smallest absolute Gasteiger partial charge is 0.251 e. The molecule has 1 amide bonds. The standard InChI is InChI=1S/C30H30N6O3/c37-20-26(21-6-2-1-3-7-21)32-29(38)23-9-4-8-22(18-23)27-25-11-13-36(24-10-5-12-31-19-24)28(25)34-30(33-27)35-14-16-39-17-15-35/h1-10,12,18-19,26,37H,11,13-17,20H2,(H,32,38). The second-order valence-electron chi connectivity index (χ2n) is 9.59. The first-order valence-electron chi connectivity index (χ1n) is 13.2. The molecule has 0 aliphatic carbocycles. The van der Waals surface area contributed by atoms with Crippen molar-refractivity contribution >= 4 is 23.4 Å². The van der Waals surface area contributed by atoms with Crippen LogP contribution in [-0.2, 0) is 11.2 Å². The molecule has 4 aromatic rings. The van der Waals surface area contributed by atoms with Gasteiger partial charge < -0.3 is 25.0 Å². The first-order valence-corrected chi connectivity index (χ1v) is 13.2. The minimum absolute atomic E-state index is 0.193. The van der Waals surface area contributed by atoms with Crippen molar-refractivity contribution < 1.29 is 14.6 Å². The Morgan fingerprint density at radius 2 is 1.85 bits per heavy atom. The van der Waals surface area contributed by atoms with Crippen LogP contribution in [0.2, 0.25) is 0 Å². The topological polar surface area (TPSA) is 104 Å². The molecule has 0 saturated carbocycles. The number of nitrogens with zero attached hydrogens (tertiary/aromatic N) is 5. The Balaban J connectivity index is 1.36. The van der Waals surface area contributed by atoms with Crippen LogP contribution in [0.1, 0.15) is 27.5 Å². The molecular weight excluding hydrogens is 492 g/mol. The molecule has 2 aromatic heterocycles. The van der Waals surface area contributed by atoms with Crippen LogP contribution in [0.4, 0.5) is 17.5 Å². The van der Waals surface area contributed by atoms with Gasteiger partial charge in [0, 0.05) is 42.5 Å². The van der Waals surface area contributed by atoms with E-state index in [1.807, 2.05) is 66.9 Å². The summed E-state index contributed by atoms with van der Waals surface area (Å²) in [7, 11) is 0. The number of anilines is 3. The number of nitrogens with one attached hydrogen (secondary N) is 1. The molecule has 1 unspecified atom stereocenters. The van der Waals surface area contributed by atoms with Gasteiger partial charge in [-0.2, -0.15) is 4.98 Å². The molecule has 198 valence electrons. The second kappa shape index (κ2) is 11.2. The number of carbonyl (C=O) groups is 1. The van der Waals surface area contributed by atoms with Gasteiger partial charge in [-0.25, -0.2) is 4.98 Å². The van der Waals surface area contributed by atoms with Gasteiger partial charge >= 0.3 is 0 Å². The highest BCUT2D eigenvalue weighted by atomic mass is 16.5. The quantitative estimate of drug-likeness (QED) is 0.380. The first-order chi connectivity index (χ1) is 19.2. The number of carbonyl (C=O) groups excluding carboxylic acids is 1. The number of aliphatic hydroxyl groups is 1. The summed E-state index contributed by atoms with van der Waals surface area (Å²) in [6, 6.07) is 20.4. The first kappa shape index (κ1) is 25.0. The number of pyridine rings is 1. The number of benzene rings is 2. The summed E-state index contributed by atoms with van der Waals surface area (Å²) in [5.41, 5.74) is 5.06. The number of aromatic nitrogens is 3. The van der Waals surface area contributed by atoms with Crippen molar-refractivity contribution in [2.24, 2.45) is 0 Å². The van der Waals surface area contributed by atoms with E-state index in [-0.39, 0.29) is 12.5 Å². The van der Waals surface area contributed by atoms with Gasteiger partial charge in [0.05, 0.1) is 43.4 Å². The molecular formula is C30H30N6O3. The molecule has 1 saturated heterocycles. The Morgan fingerprint density at radius 1 is 1.00 bits per heavy atom. The minimum atomic E-state index is -0.494. The predicted molar refractivity (Wildman–Crippen MR) is 149 cm³/mol. The molecule has 39 heavy (non-hydrogen) atoms. The summed E-state index contributed by atoms with van der Waals surface area (Å²) < 4.78 is 5.56. The summed E-state index contributed by atoms with van der Waals surface area (Å²) in [6.45, 7) is 3.27. The van der Waals surface area contributed by atoms with Gasteiger partial charge in [0.25, 0.3) is 5.91 Å². The average Bonchev–Trinajstić information content (AvgIpc) is 3.45. The van der Waals surface area contributed by atoms with E-state index in [2.05, 4.69) is 20.1 Å². The van der Waals surface area contributed by atoms with Crippen LogP contribution >= 0.6 is 0 Å². The number of hydrogen-bond donors (Lipinski definition) is 2. The van der Waals surface area contributed by atoms with E-state index in [1.165, 1.54) is 0 Å². The lowest BCUT2D eigenvalue weighted by molar-refractivity contribution is 0.0916. The molecule has 1 atom stereocenters. The number of ether oxygens (including phenoxy) is 1. The van der Waals surface area contributed by atoms with Crippen molar-refractivity contribution in [1.82, 2.24) is 20.3 Å². The molecule has 9 heteroatoms. The molecule has 0 radical (unpaired) electrons. The van der Waals surface area contributed by atoms with Crippen LogP contribution in [0.15, 0.2) is 79.1 Å². The lowest BCUT2D eigenvalue weighted by Gasteiger charge is -2.28. The fourth-order valence-corrected chi connectivity index (χ4v) is 5.12. The van der Waals surface area contributed by atoms with Crippen molar-refractivity contribution in [3.8, 4) is 11.3 Å². The lowest BCUT2D eigenvalue weighted by atomic mass is 10.0. The van der Waals surface area contributed by atoms with E-state index in [0.717, 1.165) is 59.9 Å². The molecule has 6 rings (SSSR count). The molecule has 2 aromatic carbocycles. The average molecular weight is 523 g/mol. The zero-order chi connectivity index (χ0) is 26.6. The number of fused-ring (bicyclic) bond motifs is 1. The summed E-state index contributed by atoms with van der Waals surface area (Å²) in [4.78, 5) is 31.9. The van der Waals surface area contributed by atoms with Gasteiger partial charge in [0.1, 0.15) is 5.82 Å². The maximum atomic E-state index is 13.3. The number of amides is 1. The van der Waals surface area contributed by atoms with Crippen LogP contribution in [-0.4, -0.2) is 65.4 Å². The van der Waals surface area contributed by atoms with Gasteiger partial charge in [-0.3, -0.25) is 9.78 Å². The van der Waals surface area contributed by atoms with Gasteiger partial charge in [-0.05, 0) is 36.2 Å². The largest absolute Gasteiger partial charge is 0.394 e. The van der Waals surface area contributed by atoms with Crippen molar-refractivity contribution in [3.05, 3.63) is 95.8 Å². The Labute approximate surface area is 227 Å². The predicted octanol–water partition coefficient (Wildman–Crippen LogP) is 3.53. The van der Waals surface area contributed by atoms with Crippen LogP contribution in [0, 0.1) is 0 Å². The second-order valence-corrected chi connectivity index (χ2v) is 9.59. The van der Waals surface area contributed by atoms with Gasteiger partial charge in [-0.15, -0.1) is 0 Å². The van der Waals surface area contributed by atoms with Crippen molar-refractivity contribution in [2.45, 2.75) is 12.5 Å². The number of rotatable bonds is 7. The zero-order valence-corrected chi connectivity index (χ0v) is 21.5. The van der Waals surface area contributed by atoms with Crippen molar-refractivity contribution in [1.29, 1.82) is 0 Å². The highest BCUT2D eigenvalue weighted by molar-refractivity contribution is 5.96. The number of aliphatic hydroxyl groups excluding tert-OH is 1. The Bertz CT molecular complexity index is 1440. The maximum absolute atomic E-state index is 13.3. The Hall–Kier alpha value is -4.34. The third-order valence-electron chi connectivity index (χ3n) is 7.15. The summed E-state index contributed by atoms with van der Waals surface area (Å²) in [5, 5.41) is 12.9. The van der Waals surface area contributed by atoms with Crippen molar-refractivity contribution in [2.75, 3.05) is 49.3 Å². The summed E-state index contributed by atoms with van der Waals surface area (Å²) in [5.74, 6) is 1.27. The van der Waals surface area contributed by atoms with E-state index in [1.54, 1.807) is 12.3 Å². The fraction of sp³-hybridized carbons (Fsp3) is 0.267. The Kier molecular flexibility index (Phi) is 7.16. The molecule has 0 spiro atoms. The highest BCUT2D eigenvalue weighted by Gasteiger charge is 2.29. The SMILES string of the molecule is O=C(NC(CO)c1ccccc1)c1cccc(-c2nc(N3CCOCC3)nc3c2CCN3c2cccnc2)c1. The number of morpholine rings is 1. The molecule has 9 nitrogen and oxygen atoms in total. The van der Waals surface area contributed by atoms with Crippen LogP contribution in [0.25, 0.3) is 11.3 Å². The van der Waals surface area contributed by atoms with E-state index in [0.29, 0.717) is 24.7 Å². The molecule has 0 bridgehead atoms. The monoisotopic (exact) mass is 522 g/mol. The molecule has 1 fully saturated rings. The van der Waals surface area contributed by atoms with Gasteiger partial charge in [0.2, 0.25) is 5.95 Å². The summed E-state index contributed by atoms with van der Waals surface area (Å²) >= 11 is 0. The molecule has 4 heterocycles. The van der Waals surface area contributed by atoms with Gasteiger partial charge in [0.15, 0.2) is 0 Å². The summed E-state index contributed by atoms with van der Waals surface area (Å²) in [6.07, 6.45) is 4.39. The van der Waals surface area contributed by atoms with E-state index < -0.39 is 6.04 Å². The minimum Gasteiger partial charge on any atom is -0.394 e. The van der Waals surface area contributed by atoms with Crippen LogP contribution < -0.4 is 15.1 Å². The van der Waals surface area contributed by atoms with E-state index in [4.69, 9.17) is 14.7 Å². The van der Waals surface area contributed by atoms with E-state index >= 15 is 0 Å². The Morgan fingerprint density at radius 3 is 2.62 bits per heavy atom. The third kappa shape index (κ3) is 5.19. The lowest BCUT2D eigenvalue weighted by Crippen LogP contribution is -2.37. The number of hydrogen-bond acceptors (Lipinski definition) is 8. The molecule has 2 N–H and O–H groups in total. The van der Waals surface area contributed by atoms with Crippen LogP contribution in [0.3, 0.4) is 0 Å². The molecule has 2 aliphatic heterocycles. The van der Waals surface area contributed by atoms with Crippen LogP contribution in [0.5, 0.6) is 0 Å². The molecule has 2 aliphatic rings. The zero-order valence-electron chi connectivity index (χ0n) is 21.5. The third-order valence-corrected chi connectivity index (χ3v) is 7.15.